The number of amides is 2. The van der Waals surface area contributed by atoms with Gasteiger partial charge >= 0.3 is 5.97 Å². The molecule has 0 bridgehead atoms. The molecule has 0 aromatic carbocycles. The molecule has 96 valence electrons. The van der Waals surface area contributed by atoms with Crippen LogP contribution in [0.2, 0.25) is 0 Å². The maximum atomic E-state index is 11.7. The van der Waals surface area contributed by atoms with Crippen LogP contribution < -0.4 is 10.6 Å². The van der Waals surface area contributed by atoms with Crippen LogP contribution in [0.25, 0.3) is 0 Å². The van der Waals surface area contributed by atoms with Crippen LogP contribution in [0.5, 0.6) is 0 Å². The third kappa shape index (κ3) is 4.84. The molecule has 1 heterocycles. The molecule has 0 radical (unpaired) electrons. The zero-order valence-electron chi connectivity index (χ0n) is 9.86. The Labute approximate surface area is 99.8 Å². The van der Waals surface area contributed by atoms with Gasteiger partial charge in [0.15, 0.2) is 0 Å². The standard InChI is InChI=1S/C11H18N2O4/c1-7(3-2-4-10(15)16)12-11(17)8-5-6-9(14)13-8/h7-8H,2-6H2,1H3,(H,12,17)(H,13,14)(H,15,16). The minimum absolute atomic E-state index is 0.0700. The predicted molar refractivity (Wildman–Crippen MR) is 60.3 cm³/mol. The number of carboxylic acids is 1. The molecule has 0 aromatic rings. The normalized spacial score (nSPS) is 20.8. The van der Waals surface area contributed by atoms with Crippen molar-refractivity contribution in [1.82, 2.24) is 10.6 Å². The van der Waals surface area contributed by atoms with Crippen LogP contribution in [-0.4, -0.2) is 35.0 Å². The summed E-state index contributed by atoms with van der Waals surface area (Å²) in [6, 6.07) is -0.497. The fourth-order valence-electron chi connectivity index (χ4n) is 1.79. The average Bonchev–Trinajstić information content (AvgIpc) is 2.64. The van der Waals surface area contributed by atoms with E-state index in [1.165, 1.54) is 0 Å². The monoisotopic (exact) mass is 242 g/mol. The molecule has 6 nitrogen and oxygen atoms in total. The van der Waals surface area contributed by atoms with Crippen molar-refractivity contribution in [3.05, 3.63) is 0 Å². The largest absolute Gasteiger partial charge is 0.481 e. The summed E-state index contributed by atoms with van der Waals surface area (Å²) < 4.78 is 0. The molecule has 3 N–H and O–H groups in total. The number of carbonyl (C=O) groups excluding carboxylic acids is 2. The van der Waals surface area contributed by atoms with Gasteiger partial charge in [0.05, 0.1) is 0 Å². The topological polar surface area (TPSA) is 95.5 Å². The van der Waals surface area contributed by atoms with Gasteiger partial charge in [0.1, 0.15) is 6.04 Å². The summed E-state index contributed by atoms with van der Waals surface area (Å²) in [6.07, 6.45) is 2.20. The number of rotatable bonds is 6. The molecule has 1 aliphatic heterocycles. The van der Waals surface area contributed by atoms with Gasteiger partial charge in [-0.2, -0.15) is 0 Å². The number of hydrogen-bond donors (Lipinski definition) is 3. The Morgan fingerprint density at radius 1 is 1.59 bits per heavy atom. The van der Waals surface area contributed by atoms with Crippen molar-refractivity contribution in [3.8, 4) is 0 Å². The highest BCUT2D eigenvalue weighted by Crippen LogP contribution is 2.07. The van der Waals surface area contributed by atoms with Gasteiger partial charge in [-0.1, -0.05) is 0 Å². The summed E-state index contributed by atoms with van der Waals surface area (Å²) >= 11 is 0. The Hall–Kier alpha value is -1.59. The second-order valence-corrected chi connectivity index (χ2v) is 4.35. The number of nitrogens with one attached hydrogen (secondary N) is 2. The van der Waals surface area contributed by atoms with Crippen molar-refractivity contribution in [2.45, 2.75) is 51.1 Å². The maximum absolute atomic E-state index is 11.7. The molecule has 1 fully saturated rings. The molecule has 0 aliphatic carbocycles. The highest BCUT2D eigenvalue weighted by Gasteiger charge is 2.27. The minimum Gasteiger partial charge on any atom is -0.481 e. The van der Waals surface area contributed by atoms with Crippen LogP contribution in [0.15, 0.2) is 0 Å². The van der Waals surface area contributed by atoms with Gasteiger partial charge < -0.3 is 15.7 Å². The van der Waals surface area contributed by atoms with E-state index in [1.54, 1.807) is 0 Å². The van der Waals surface area contributed by atoms with Crippen molar-refractivity contribution in [3.63, 3.8) is 0 Å². The molecule has 17 heavy (non-hydrogen) atoms. The van der Waals surface area contributed by atoms with Crippen LogP contribution in [0, 0.1) is 0 Å². The van der Waals surface area contributed by atoms with Crippen LogP contribution >= 0.6 is 0 Å². The predicted octanol–water partition coefficient (Wildman–Crippen LogP) is 0.0246. The Morgan fingerprint density at radius 2 is 2.29 bits per heavy atom. The molecule has 0 spiro atoms. The van der Waals surface area contributed by atoms with E-state index in [0.29, 0.717) is 25.7 Å². The summed E-state index contributed by atoms with van der Waals surface area (Å²) in [6.45, 7) is 1.83. The summed E-state index contributed by atoms with van der Waals surface area (Å²) in [4.78, 5) is 32.9. The quantitative estimate of drug-likeness (QED) is 0.612. The lowest BCUT2D eigenvalue weighted by atomic mass is 10.1. The molecule has 2 unspecified atom stereocenters. The Morgan fingerprint density at radius 3 is 2.82 bits per heavy atom. The summed E-state index contributed by atoms with van der Waals surface area (Å²) in [5.41, 5.74) is 0. The molecule has 0 aromatic heterocycles. The van der Waals surface area contributed by atoms with Gasteiger partial charge in [-0.15, -0.1) is 0 Å². The molecule has 2 amide bonds. The zero-order valence-corrected chi connectivity index (χ0v) is 9.86. The summed E-state index contributed by atoms with van der Waals surface area (Å²) in [5.74, 6) is -1.10. The van der Waals surface area contributed by atoms with E-state index in [2.05, 4.69) is 10.6 Å². The van der Waals surface area contributed by atoms with Gasteiger partial charge in [0, 0.05) is 18.9 Å². The van der Waals surface area contributed by atoms with E-state index < -0.39 is 12.0 Å². The van der Waals surface area contributed by atoms with Gasteiger partial charge in [-0.25, -0.2) is 0 Å². The van der Waals surface area contributed by atoms with Gasteiger partial charge in [-0.05, 0) is 26.2 Å². The molecule has 0 saturated carbocycles. The number of hydrogen-bond acceptors (Lipinski definition) is 3. The van der Waals surface area contributed by atoms with Crippen molar-refractivity contribution >= 4 is 17.8 Å². The minimum atomic E-state index is -0.827. The maximum Gasteiger partial charge on any atom is 0.303 e. The van der Waals surface area contributed by atoms with E-state index in [-0.39, 0.29) is 24.3 Å². The highest BCUT2D eigenvalue weighted by molar-refractivity contribution is 5.90. The first-order valence-electron chi connectivity index (χ1n) is 5.80. The Balaban J connectivity index is 2.21. The van der Waals surface area contributed by atoms with Crippen LogP contribution in [0.1, 0.15) is 39.0 Å². The molecule has 1 rings (SSSR count). The third-order valence-electron chi connectivity index (χ3n) is 2.73. The molecule has 6 heteroatoms. The van der Waals surface area contributed by atoms with E-state index in [9.17, 15) is 14.4 Å². The third-order valence-corrected chi connectivity index (χ3v) is 2.73. The SMILES string of the molecule is CC(CCCC(=O)O)NC(=O)C1CCC(=O)N1. The highest BCUT2D eigenvalue weighted by atomic mass is 16.4. The Kier molecular flexibility index (Phi) is 4.93. The summed E-state index contributed by atoms with van der Waals surface area (Å²) in [5, 5.41) is 13.8. The second-order valence-electron chi connectivity index (χ2n) is 4.35. The van der Waals surface area contributed by atoms with Crippen molar-refractivity contribution in [2.24, 2.45) is 0 Å². The molecule has 2 atom stereocenters. The number of carboxylic acid groups (broad SMARTS) is 1. The first kappa shape index (κ1) is 13.5. The van der Waals surface area contributed by atoms with Crippen LogP contribution in [0.3, 0.4) is 0 Å². The van der Waals surface area contributed by atoms with E-state index in [4.69, 9.17) is 5.11 Å². The second kappa shape index (κ2) is 6.22. The molecular weight excluding hydrogens is 224 g/mol. The van der Waals surface area contributed by atoms with Crippen LogP contribution in [-0.2, 0) is 14.4 Å². The molecular formula is C11H18N2O4. The smallest absolute Gasteiger partial charge is 0.303 e. The number of carbonyl (C=O) groups is 3. The van der Waals surface area contributed by atoms with E-state index in [0.717, 1.165) is 0 Å². The fraction of sp³-hybridized carbons (Fsp3) is 0.727. The van der Waals surface area contributed by atoms with Crippen LogP contribution in [0.4, 0.5) is 0 Å². The average molecular weight is 242 g/mol. The van der Waals surface area contributed by atoms with E-state index in [1.807, 2.05) is 6.92 Å². The lowest BCUT2D eigenvalue weighted by Gasteiger charge is -2.16. The van der Waals surface area contributed by atoms with Crippen molar-refractivity contribution in [2.75, 3.05) is 0 Å². The van der Waals surface area contributed by atoms with Crippen molar-refractivity contribution < 1.29 is 19.5 Å². The fourth-order valence-corrected chi connectivity index (χ4v) is 1.79. The van der Waals surface area contributed by atoms with Gasteiger partial charge in [-0.3, -0.25) is 14.4 Å². The van der Waals surface area contributed by atoms with Crippen molar-refractivity contribution in [1.29, 1.82) is 0 Å². The van der Waals surface area contributed by atoms with Gasteiger partial charge in [0.2, 0.25) is 11.8 Å². The van der Waals surface area contributed by atoms with E-state index >= 15 is 0 Å². The lowest BCUT2D eigenvalue weighted by molar-refractivity contribution is -0.137. The number of aliphatic carboxylic acids is 1. The molecule has 1 aliphatic rings. The lowest BCUT2D eigenvalue weighted by Crippen LogP contribution is -2.45. The van der Waals surface area contributed by atoms with Gasteiger partial charge in [0.25, 0.3) is 0 Å². The Bertz CT molecular complexity index is 317. The molecule has 1 saturated heterocycles. The zero-order chi connectivity index (χ0) is 12.8. The first-order valence-corrected chi connectivity index (χ1v) is 5.80. The summed E-state index contributed by atoms with van der Waals surface area (Å²) in [7, 11) is 0. The first-order chi connectivity index (χ1) is 7.99.